The molecular weight excluding hydrogens is 322 g/mol. The molecule has 0 aromatic carbocycles. The first-order valence-corrected chi connectivity index (χ1v) is 11.6. The topological polar surface area (TPSA) is 54.4 Å². The van der Waals surface area contributed by atoms with E-state index < -0.39 is 10.1 Å². The Hall–Kier alpha value is -0.130. The quantitative estimate of drug-likeness (QED) is 0.237. The monoisotopic (exact) mass is 364 g/mol. The van der Waals surface area contributed by atoms with Gasteiger partial charge in [-0.1, -0.05) is 71.1 Å². The van der Waals surface area contributed by atoms with E-state index in [2.05, 4.69) is 6.92 Å². The molecule has 0 saturated carbocycles. The minimum Gasteiger partial charge on any atom is -0.325 e. The lowest BCUT2D eigenvalue weighted by atomic mass is 10.0. The van der Waals surface area contributed by atoms with E-state index in [1.54, 1.807) is 0 Å². The molecule has 0 aliphatic heterocycles. The number of unbranched alkanes of at least 4 members (excludes halogenated alkanes) is 11. The molecule has 4 nitrogen and oxygen atoms in total. The molecule has 24 heavy (non-hydrogen) atoms. The molecule has 0 bridgehead atoms. The van der Waals surface area contributed by atoms with Gasteiger partial charge in [-0.3, -0.25) is 4.55 Å². The molecule has 0 radical (unpaired) electrons. The largest absolute Gasteiger partial charge is 0.325 e. The fourth-order valence-corrected chi connectivity index (χ4v) is 4.10. The van der Waals surface area contributed by atoms with E-state index in [4.69, 9.17) is 4.55 Å². The summed E-state index contributed by atoms with van der Waals surface area (Å²) in [6.45, 7) is 5.12. The molecule has 0 fully saturated rings. The Morgan fingerprint density at radius 3 is 1.54 bits per heavy atom. The maximum Gasteiger partial charge on any atom is 0.270 e. The van der Waals surface area contributed by atoms with Gasteiger partial charge in [-0.15, -0.1) is 0 Å². The molecule has 0 rings (SSSR count). The number of hydrogen-bond acceptors (Lipinski definition) is 2. The van der Waals surface area contributed by atoms with Crippen LogP contribution >= 0.6 is 0 Å². The first-order valence-electron chi connectivity index (χ1n) is 9.97. The molecule has 0 spiro atoms. The van der Waals surface area contributed by atoms with Crippen LogP contribution in [0.2, 0.25) is 0 Å². The second kappa shape index (κ2) is 13.1. The molecule has 1 atom stereocenters. The first-order chi connectivity index (χ1) is 11.2. The summed E-state index contributed by atoms with van der Waals surface area (Å²) >= 11 is 0. The molecule has 0 aliphatic carbocycles. The zero-order valence-corrected chi connectivity index (χ0v) is 17.4. The zero-order chi connectivity index (χ0) is 18.5. The van der Waals surface area contributed by atoms with Gasteiger partial charge in [-0.05, 0) is 19.8 Å². The average Bonchev–Trinajstić information content (AvgIpc) is 2.46. The molecular formula is C19H42NO3S+. The summed E-state index contributed by atoms with van der Waals surface area (Å²) in [5.74, 6) is -0.155. The van der Waals surface area contributed by atoms with Crippen LogP contribution in [0.4, 0.5) is 0 Å². The Balaban J connectivity index is 3.55. The van der Waals surface area contributed by atoms with Gasteiger partial charge in [0.2, 0.25) is 0 Å². The second-order valence-corrected chi connectivity index (χ2v) is 9.49. The van der Waals surface area contributed by atoms with Crippen molar-refractivity contribution in [1.29, 1.82) is 0 Å². The van der Waals surface area contributed by atoms with Gasteiger partial charge in [-0.2, -0.15) is 8.42 Å². The van der Waals surface area contributed by atoms with Crippen LogP contribution in [0.1, 0.15) is 90.9 Å². The van der Waals surface area contributed by atoms with E-state index >= 15 is 0 Å². The molecule has 0 aromatic heterocycles. The zero-order valence-electron chi connectivity index (χ0n) is 16.6. The van der Waals surface area contributed by atoms with Crippen molar-refractivity contribution in [2.75, 3.05) is 26.4 Å². The molecule has 146 valence electrons. The number of quaternary nitrogens is 1. The summed E-state index contributed by atoms with van der Waals surface area (Å²) in [5, 5.41) is 0. The van der Waals surface area contributed by atoms with Gasteiger partial charge in [0.15, 0.2) is 0 Å². The highest BCUT2D eigenvalue weighted by Gasteiger charge is 2.27. The summed E-state index contributed by atoms with van der Waals surface area (Å²) in [7, 11) is 0.222. The van der Waals surface area contributed by atoms with Crippen LogP contribution in [0, 0.1) is 0 Å². The van der Waals surface area contributed by atoms with Crippen LogP contribution < -0.4 is 0 Å². The Labute approximate surface area is 151 Å². The summed E-state index contributed by atoms with van der Waals surface area (Å²) in [6.07, 6.45) is 16.0. The van der Waals surface area contributed by atoms with Gasteiger partial charge in [0.05, 0.1) is 20.6 Å². The maximum absolute atomic E-state index is 11.0. The van der Waals surface area contributed by atoms with Gasteiger partial charge >= 0.3 is 0 Å². The molecule has 0 amide bonds. The van der Waals surface area contributed by atoms with Crippen molar-refractivity contribution in [2.24, 2.45) is 0 Å². The van der Waals surface area contributed by atoms with Crippen LogP contribution in [0.3, 0.4) is 0 Å². The third-order valence-corrected chi connectivity index (χ3v) is 6.14. The van der Waals surface area contributed by atoms with Crippen molar-refractivity contribution in [3.8, 4) is 0 Å². The van der Waals surface area contributed by atoms with Gasteiger partial charge in [0, 0.05) is 0 Å². The van der Waals surface area contributed by atoms with Gasteiger partial charge in [-0.25, -0.2) is 0 Å². The summed E-state index contributed by atoms with van der Waals surface area (Å²) in [4.78, 5) is 0. The van der Waals surface area contributed by atoms with Crippen molar-refractivity contribution in [2.45, 2.75) is 96.9 Å². The summed E-state index contributed by atoms with van der Waals surface area (Å²) in [6, 6.07) is -0.0762. The van der Waals surface area contributed by atoms with Crippen LogP contribution in [-0.2, 0) is 10.1 Å². The Morgan fingerprint density at radius 1 is 0.792 bits per heavy atom. The van der Waals surface area contributed by atoms with Crippen LogP contribution in [0.25, 0.3) is 0 Å². The fraction of sp³-hybridized carbons (Fsp3) is 1.00. The predicted octanol–water partition coefficient (Wildman–Crippen LogP) is 5.04. The lowest BCUT2D eigenvalue weighted by Crippen LogP contribution is -2.50. The minimum absolute atomic E-state index is 0.0762. The normalized spacial score (nSPS) is 14.0. The molecule has 0 heterocycles. The van der Waals surface area contributed by atoms with Gasteiger partial charge in [0.25, 0.3) is 10.1 Å². The van der Waals surface area contributed by atoms with Crippen LogP contribution in [-0.4, -0.2) is 49.9 Å². The number of nitrogens with zero attached hydrogens (tertiary/aromatic N) is 1. The minimum atomic E-state index is -3.88. The van der Waals surface area contributed by atoms with Crippen LogP contribution in [0.15, 0.2) is 0 Å². The first kappa shape index (κ1) is 23.9. The molecule has 0 aliphatic rings. The van der Waals surface area contributed by atoms with E-state index in [1.165, 1.54) is 70.6 Å². The third-order valence-electron chi connectivity index (χ3n) is 5.23. The van der Waals surface area contributed by atoms with Crippen molar-refractivity contribution >= 4 is 10.1 Å². The standard InChI is InChI=1S/C19H41NO3S/c1-5-6-7-8-9-10-11-12-13-14-15-16-17-20(3,4)19(2)18-24(21,22)23/h19H,5-18H2,1-4H3/p+1. The van der Waals surface area contributed by atoms with E-state index in [-0.39, 0.29) is 11.8 Å². The van der Waals surface area contributed by atoms with E-state index in [0.29, 0.717) is 4.48 Å². The van der Waals surface area contributed by atoms with Crippen molar-refractivity contribution in [1.82, 2.24) is 0 Å². The van der Waals surface area contributed by atoms with Crippen molar-refractivity contribution < 1.29 is 17.5 Å². The lowest BCUT2D eigenvalue weighted by molar-refractivity contribution is -0.910. The number of rotatable bonds is 16. The third kappa shape index (κ3) is 14.2. The molecule has 5 heteroatoms. The molecule has 0 saturated heterocycles. The molecule has 1 N–H and O–H groups in total. The number of hydrogen-bond donors (Lipinski definition) is 1. The highest BCUT2D eigenvalue weighted by atomic mass is 32.2. The Morgan fingerprint density at radius 2 is 1.17 bits per heavy atom. The van der Waals surface area contributed by atoms with Crippen LogP contribution in [0.5, 0.6) is 0 Å². The molecule has 0 aromatic rings. The predicted molar refractivity (Wildman–Crippen MR) is 104 cm³/mol. The van der Waals surface area contributed by atoms with Crippen molar-refractivity contribution in [3.05, 3.63) is 0 Å². The van der Waals surface area contributed by atoms with E-state index in [1.807, 2.05) is 21.0 Å². The second-order valence-electron chi connectivity index (χ2n) is 7.99. The lowest BCUT2D eigenvalue weighted by Gasteiger charge is -2.35. The van der Waals surface area contributed by atoms with E-state index in [9.17, 15) is 8.42 Å². The average molecular weight is 365 g/mol. The van der Waals surface area contributed by atoms with E-state index in [0.717, 1.165) is 13.0 Å². The Kier molecular flexibility index (Phi) is 13.1. The summed E-state index contributed by atoms with van der Waals surface area (Å²) in [5.41, 5.74) is 0. The highest BCUT2D eigenvalue weighted by molar-refractivity contribution is 7.85. The van der Waals surface area contributed by atoms with Gasteiger partial charge in [0.1, 0.15) is 11.8 Å². The molecule has 1 unspecified atom stereocenters. The SMILES string of the molecule is CCCCCCCCCCCCCC[N+](C)(C)C(C)CS(=O)(=O)O. The summed E-state index contributed by atoms with van der Waals surface area (Å²) < 4.78 is 31.7. The fourth-order valence-electron chi connectivity index (χ4n) is 3.09. The van der Waals surface area contributed by atoms with Gasteiger partial charge < -0.3 is 4.48 Å². The van der Waals surface area contributed by atoms with Crippen molar-refractivity contribution in [3.63, 3.8) is 0 Å². The maximum atomic E-state index is 11.0. The smallest absolute Gasteiger partial charge is 0.270 e. The Bertz CT molecular complexity index is 393. The highest BCUT2D eigenvalue weighted by Crippen LogP contribution is 2.14.